The fraction of sp³-hybridized carbons (Fsp3) is 0.472. The minimum absolute atomic E-state index is 0.181. The summed E-state index contributed by atoms with van der Waals surface area (Å²) in [6, 6.07) is 15.9. The number of hydrogen-bond acceptors (Lipinski definition) is 6. The van der Waals surface area contributed by atoms with Gasteiger partial charge in [-0.05, 0) is 76.8 Å². The number of nitrogens with one attached hydrogen (secondary N) is 2. The molecule has 0 saturated carbocycles. The number of amides is 2. The van der Waals surface area contributed by atoms with E-state index in [4.69, 9.17) is 9.47 Å². The van der Waals surface area contributed by atoms with Crippen molar-refractivity contribution in [2.45, 2.75) is 91.0 Å². The summed E-state index contributed by atoms with van der Waals surface area (Å²) in [5, 5.41) is 4.63. The summed E-state index contributed by atoms with van der Waals surface area (Å²) in [4.78, 5) is 46.8. The first-order valence-corrected chi connectivity index (χ1v) is 15.9. The molecule has 2 aromatic carbocycles. The van der Waals surface area contributed by atoms with E-state index in [1.54, 1.807) is 16.0 Å². The van der Waals surface area contributed by atoms with Crippen molar-refractivity contribution < 1.29 is 23.9 Å². The number of para-hydroxylation sites is 1. The van der Waals surface area contributed by atoms with Crippen LogP contribution in [0.2, 0.25) is 0 Å². The molecule has 0 atom stereocenters. The normalized spacial score (nSPS) is 17.1. The number of nitrogens with zero attached hydrogens (tertiary/aromatic N) is 2. The van der Waals surface area contributed by atoms with Crippen LogP contribution in [0.5, 0.6) is 0 Å². The van der Waals surface area contributed by atoms with Gasteiger partial charge in [0.2, 0.25) is 0 Å². The van der Waals surface area contributed by atoms with Crippen LogP contribution in [0.15, 0.2) is 54.7 Å². The molecule has 45 heavy (non-hydrogen) atoms. The molecule has 0 aliphatic carbocycles. The van der Waals surface area contributed by atoms with Gasteiger partial charge in [-0.3, -0.25) is 4.79 Å². The molecule has 0 unspecified atom stereocenters. The summed E-state index contributed by atoms with van der Waals surface area (Å²) >= 11 is 0. The van der Waals surface area contributed by atoms with Crippen molar-refractivity contribution in [3.63, 3.8) is 0 Å². The smallest absolute Gasteiger partial charge is 0.410 e. The zero-order chi connectivity index (χ0) is 32.5. The Kier molecular flexibility index (Phi) is 9.12. The molecule has 1 fully saturated rings. The van der Waals surface area contributed by atoms with Crippen LogP contribution in [0, 0.1) is 0 Å². The van der Waals surface area contributed by atoms with Crippen molar-refractivity contribution in [2.75, 3.05) is 19.6 Å². The van der Waals surface area contributed by atoms with Crippen molar-refractivity contribution in [3.8, 4) is 0 Å². The summed E-state index contributed by atoms with van der Waals surface area (Å²) < 4.78 is 11.2. The molecule has 1 aromatic heterocycles. The third kappa shape index (κ3) is 7.41. The lowest BCUT2D eigenvalue weighted by atomic mass is 9.81. The van der Waals surface area contributed by atoms with E-state index in [1.807, 2.05) is 83.1 Å². The number of aromatic amines is 1. The van der Waals surface area contributed by atoms with Crippen molar-refractivity contribution >= 4 is 34.4 Å². The molecule has 5 rings (SSSR count). The monoisotopic (exact) mass is 614 g/mol. The fourth-order valence-electron chi connectivity index (χ4n) is 6.22. The Labute approximate surface area is 265 Å². The topological polar surface area (TPSA) is 104 Å². The van der Waals surface area contributed by atoms with Gasteiger partial charge in [0.05, 0.1) is 17.4 Å². The van der Waals surface area contributed by atoms with Crippen LogP contribution in [0.4, 0.5) is 4.79 Å². The number of fused-ring (bicyclic) bond motifs is 3. The van der Waals surface area contributed by atoms with E-state index in [1.165, 1.54) is 0 Å². The highest BCUT2D eigenvalue weighted by Crippen LogP contribution is 2.40. The van der Waals surface area contributed by atoms with E-state index >= 15 is 0 Å². The number of carbonyl (C=O) groups excluding carboxylic acids is 3. The largest absolute Gasteiger partial charge is 0.459 e. The molecule has 0 spiro atoms. The van der Waals surface area contributed by atoms with Crippen LogP contribution in [0.25, 0.3) is 16.5 Å². The van der Waals surface area contributed by atoms with E-state index in [0.29, 0.717) is 43.0 Å². The SMILES string of the molecule is CC(C)OC(=O)C1=CN(C(=O)c2cccc(CNC3CCN(C(=O)OC(C)(C)C)CC3)c2)CC(C)(C)c2c1[nH]c1ccccc21. The maximum absolute atomic E-state index is 14.1. The number of hydrogen-bond donors (Lipinski definition) is 2. The van der Waals surface area contributed by atoms with Crippen LogP contribution < -0.4 is 5.32 Å². The van der Waals surface area contributed by atoms with Gasteiger partial charge in [-0.25, -0.2) is 9.59 Å². The first kappa shape index (κ1) is 32.3. The highest BCUT2D eigenvalue weighted by molar-refractivity contribution is 6.18. The van der Waals surface area contributed by atoms with Gasteiger partial charge in [0, 0.05) is 60.3 Å². The number of benzene rings is 2. The molecule has 9 nitrogen and oxygen atoms in total. The van der Waals surface area contributed by atoms with E-state index in [9.17, 15) is 14.4 Å². The zero-order valence-corrected chi connectivity index (χ0v) is 27.5. The van der Waals surface area contributed by atoms with Gasteiger partial charge in [-0.2, -0.15) is 0 Å². The number of esters is 1. The molecule has 240 valence electrons. The Morgan fingerprint density at radius 3 is 2.44 bits per heavy atom. The predicted octanol–water partition coefficient (Wildman–Crippen LogP) is 6.38. The van der Waals surface area contributed by atoms with Gasteiger partial charge >= 0.3 is 12.1 Å². The number of H-pyrrole nitrogens is 1. The number of aromatic nitrogens is 1. The summed E-state index contributed by atoms with van der Waals surface area (Å²) in [6.45, 7) is 15.7. The van der Waals surface area contributed by atoms with Gasteiger partial charge < -0.3 is 29.6 Å². The quantitative estimate of drug-likeness (QED) is 0.312. The van der Waals surface area contributed by atoms with E-state index in [-0.39, 0.29) is 24.1 Å². The third-order valence-corrected chi connectivity index (χ3v) is 8.24. The van der Waals surface area contributed by atoms with Crippen LogP contribution in [0.1, 0.15) is 88.5 Å². The predicted molar refractivity (Wildman–Crippen MR) is 176 cm³/mol. The molecule has 9 heteroatoms. The number of rotatable bonds is 6. The third-order valence-electron chi connectivity index (χ3n) is 8.24. The Bertz CT molecular complexity index is 1600. The molecule has 2 aliphatic heterocycles. The average molecular weight is 615 g/mol. The first-order chi connectivity index (χ1) is 21.2. The molecule has 3 heterocycles. The second-order valence-electron chi connectivity index (χ2n) is 14.1. The summed E-state index contributed by atoms with van der Waals surface area (Å²) in [5.41, 5.74) is 3.53. The highest BCUT2D eigenvalue weighted by atomic mass is 16.6. The molecule has 2 N–H and O–H groups in total. The van der Waals surface area contributed by atoms with Gasteiger partial charge in [0.25, 0.3) is 5.91 Å². The molecular formula is C36H46N4O5. The Balaban J connectivity index is 1.32. The second-order valence-corrected chi connectivity index (χ2v) is 14.1. The summed E-state index contributed by atoms with van der Waals surface area (Å²) in [7, 11) is 0. The first-order valence-electron chi connectivity index (χ1n) is 15.9. The minimum Gasteiger partial charge on any atom is -0.459 e. The van der Waals surface area contributed by atoms with Gasteiger partial charge in [0.15, 0.2) is 0 Å². The number of piperidine rings is 1. The fourth-order valence-corrected chi connectivity index (χ4v) is 6.22. The second kappa shape index (κ2) is 12.7. The Morgan fingerprint density at radius 1 is 1.04 bits per heavy atom. The number of likely N-dealkylation sites (tertiary alicyclic amines) is 1. The zero-order valence-electron chi connectivity index (χ0n) is 27.5. The Morgan fingerprint density at radius 2 is 1.76 bits per heavy atom. The van der Waals surface area contributed by atoms with Crippen molar-refractivity contribution in [1.82, 2.24) is 20.1 Å². The van der Waals surface area contributed by atoms with Crippen molar-refractivity contribution in [2.24, 2.45) is 0 Å². The number of ether oxygens (including phenoxy) is 2. The van der Waals surface area contributed by atoms with E-state index in [0.717, 1.165) is 34.9 Å². The average Bonchev–Trinajstić information content (AvgIpc) is 3.32. The molecule has 0 bridgehead atoms. The van der Waals surface area contributed by atoms with Crippen LogP contribution in [0.3, 0.4) is 0 Å². The maximum Gasteiger partial charge on any atom is 0.410 e. The minimum atomic E-state index is -0.509. The lowest BCUT2D eigenvalue weighted by molar-refractivity contribution is -0.140. The van der Waals surface area contributed by atoms with Crippen molar-refractivity contribution in [3.05, 3.63) is 77.1 Å². The lowest BCUT2D eigenvalue weighted by Gasteiger charge is -2.33. The van der Waals surface area contributed by atoms with Crippen LogP contribution in [-0.2, 0) is 26.2 Å². The molecular weight excluding hydrogens is 568 g/mol. The van der Waals surface area contributed by atoms with E-state index in [2.05, 4.69) is 24.1 Å². The standard InChI is InChI=1S/C36H46N4O5/c1-23(2)44-33(42)28-21-40(22-36(6,7)30-27-13-8-9-14-29(27)38-31(28)30)32(41)25-12-10-11-24(19-25)20-37-26-15-17-39(18-16-26)34(43)45-35(3,4)5/h8-14,19,21,23,26,37-38H,15-18,20,22H2,1-7H3. The molecule has 0 radical (unpaired) electrons. The van der Waals surface area contributed by atoms with Crippen LogP contribution in [-0.4, -0.2) is 70.1 Å². The molecule has 3 aromatic rings. The Hall–Kier alpha value is -4.11. The van der Waals surface area contributed by atoms with Gasteiger partial charge in [-0.1, -0.05) is 44.2 Å². The summed E-state index contributed by atoms with van der Waals surface area (Å²) in [6.07, 6.45) is 2.74. The van der Waals surface area contributed by atoms with E-state index < -0.39 is 17.0 Å². The maximum atomic E-state index is 14.1. The molecule has 1 saturated heterocycles. The molecule has 2 amide bonds. The highest BCUT2D eigenvalue weighted by Gasteiger charge is 2.37. The van der Waals surface area contributed by atoms with Gasteiger partial charge in [0.1, 0.15) is 5.60 Å². The summed E-state index contributed by atoms with van der Waals surface area (Å²) in [5.74, 6) is -0.649. The van der Waals surface area contributed by atoms with Gasteiger partial charge in [-0.15, -0.1) is 0 Å². The number of carbonyl (C=O) groups is 3. The van der Waals surface area contributed by atoms with Crippen LogP contribution >= 0.6 is 0 Å². The van der Waals surface area contributed by atoms with Crippen molar-refractivity contribution in [1.29, 1.82) is 0 Å². The lowest BCUT2D eigenvalue weighted by Crippen LogP contribution is -2.46. The molecule has 2 aliphatic rings.